The Hall–Kier alpha value is -1.30. The van der Waals surface area contributed by atoms with Crippen molar-refractivity contribution in [3.8, 4) is 0 Å². The SMILES string of the molecule is C=CC(C=CC(C=C)=CC)=CC. The van der Waals surface area contributed by atoms with Gasteiger partial charge in [-0.1, -0.05) is 49.6 Å². The van der Waals surface area contributed by atoms with E-state index in [2.05, 4.69) is 13.2 Å². The van der Waals surface area contributed by atoms with Crippen molar-refractivity contribution in [2.24, 2.45) is 0 Å². The van der Waals surface area contributed by atoms with Crippen LogP contribution in [0.4, 0.5) is 0 Å². The highest BCUT2D eigenvalue weighted by molar-refractivity contribution is 5.37. The molecule has 0 unspecified atom stereocenters. The topological polar surface area (TPSA) is 0 Å². The van der Waals surface area contributed by atoms with Crippen molar-refractivity contribution in [2.45, 2.75) is 13.8 Å². The van der Waals surface area contributed by atoms with Gasteiger partial charge in [0.25, 0.3) is 0 Å². The maximum absolute atomic E-state index is 3.70. The van der Waals surface area contributed by atoms with E-state index >= 15 is 0 Å². The summed E-state index contributed by atoms with van der Waals surface area (Å²) in [5, 5.41) is 0. The second-order valence-corrected chi connectivity index (χ2v) is 2.32. The van der Waals surface area contributed by atoms with Crippen LogP contribution in [0.1, 0.15) is 13.8 Å². The molecule has 0 fully saturated rings. The van der Waals surface area contributed by atoms with Crippen LogP contribution < -0.4 is 0 Å². The van der Waals surface area contributed by atoms with E-state index in [0.29, 0.717) is 0 Å². The van der Waals surface area contributed by atoms with Gasteiger partial charge >= 0.3 is 0 Å². The third-order valence-electron chi connectivity index (χ3n) is 1.61. The maximum atomic E-state index is 3.70. The Labute approximate surface area is 75.3 Å². The maximum Gasteiger partial charge on any atom is -0.0305 e. The molecule has 0 aromatic heterocycles. The summed E-state index contributed by atoms with van der Waals surface area (Å²) in [6.07, 6.45) is 11.7. The van der Waals surface area contributed by atoms with Crippen LogP contribution in [0.15, 0.2) is 60.8 Å². The molecule has 0 heteroatoms. The Balaban J connectivity index is 4.41. The molecule has 0 nitrogen and oxygen atoms in total. The Morgan fingerprint density at radius 1 is 0.833 bits per heavy atom. The fraction of sp³-hybridized carbons (Fsp3) is 0.167. The number of allylic oxidation sites excluding steroid dienone is 8. The lowest BCUT2D eigenvalue weighted by atomic mass is 10.1. The van der Waals surface area contributed by atoms with E-state index in [0.717, 1.165) is 11.1 Å². The first-order valence-electron chi connectivity index (χ1n) is 4.04. The van der Waals surface area contributed by atoms with Gasteiger partial charge in [-0.25, -0.2) is 0 Å². The van der Waals surface area contributed by atoms with Crippen LogP contribution in [0.25, 0.3) is 0 Å². The Kier molecular flexibility index (Phi) is 5.72. The van der Waals surface area contributed by atoms with E-state index in [9.17, 15) is 0 Å². The number of hydrogen-bond acceptors (Lipinski definition) is 0. The smallest absolute Gasteiger partial charge is 0.0305 e. The lowest BCUT2D eigenvalue weighted by Crippen LogP contribution is -1.71. The summed E-state index contributed by atoms with van der Waals surface area (Å²) in [5.74, 6) is 0. The molecule has 0 aliphatic heterocycles. The molecule has 12 heavy (non-hydrogen) atoms. The van der Waals surface area contributed by atoms with Gasteiger partial charge in [-0.15, -0.1) is 0 Å². The van der Waals surface area contributed by atoms with Crippen molar-refractivity contribution in [3.05, 3.63) is 60.8 Å². The molecule has 0 aliphatic rings. The monoisotopic (exact) mass is 160 g/mol. The Morgan fingerprint density at radius 2 is 1.17 bits per heavy atom. The zero-order chi connectivity index (χ0) is 9.40. The highest BCUT2D eigenvalue weighted by Crippen LogP contribution is 2.03. The molecule has 0 N–H and O–H groups in total. The molecule has 0 heterocycles. The second kappa shape index (κ2) is 6.41. The third-order valence-corrected chi connectivity index (χ3v) is 1.61. The summed E-state index contributed by atoms with van der Waals surface area (Å²) in [5.41, 5.74) is 2.24. The zero-order valence-corrected chi connectivity index (χ0v) is 7.88. The average Bonchev–Trinajstić information content (AvgIpc) is 2.13. The molecule has 0 atom stereocenters. The minimum atomic E-state index is 1.12. The zero-order valence-electron chi connectivity index (χ0n) is 7.88. The molecular weight excluding hydrogens is 144 g/mol. The predicted molar refractivity (Wildman–Crippen MR) is 57.0 cm³/mol. The van der Waals surface area contributed by atoms with Gasteiger partial charge in [0, 0.05) is 0 Å². The van der Waals surface area contributed by atoms with E-state index in [1.165, 1.54) is 0 Å². The molecule has 0 bridgehead atoms. The molecule has 0 spiro atoms. The van der Waals surface area contributed by atoms with Gasteiger partial charge in [-0.2, -0.15) is 0 Å². The van der Waals surface area contributed by atoms with Crippen molar-refractivity contribution < 1.29 is 0 Å². The lowest BCUT2D eigenvalue weighted by molar-refractivity contribution is 1.56. The second-order valence-electron chi connectivity index (χ2n) is 2.32. The Morgan fingerprint density at radius 3 is 1.33 bits per heavy atom. The molecule has 0 radical (unpaired) electrons. The standard InChI is InChI=1S/C12H16/c1-5-11(6-2)9-10-12(7-3)8-4/h5-10H,1,3H2,2,4H3. The molecule has 0 aromatic rings. The van der Waals surface area contributed by atoms with Gasteiger partial charge in [0.05, 0.1) is 0 Å². The van der Waals surface area contributed by atoms with Crippen LogP contribution in [-0.4, -0.2) is 0 Å². The van der Waals surface area contributed by atoms with Crippen LogP contribution in [0.5, 0.6) is 0 Å². The van der Waals surface area contributed by atoms with Gasteiger partial charge in [0.1, 0.15) is 0 Å². The molecule has 0 saturated carbocycles. The first kappa shape index (κ1) is 10.7. The van der Waals surface area contributed by atoms with Crippen LogP contribution >= 0.6 is 0 Å². The minimum Gasteiger partial charge on any atom is -0.0985 e. The highest BCUT2D eigenvalue weighted by atomic mass is 13.9. The highest BCUT2D eigenvalue weighted by Gasteiger charge is 1.82. The fourth-order valence-corrected chi connectivity index (χ4v) is 0.757. The van der Waals surface area contributed by atoms with Crippen molar-refractivity contribution in [3.63, 3.8) is 0 Å². The molecule has 0 aromatic carbocycles. The predicted octanol–water partition coefficient (Wildman–Crippen LogP) is 3.81. The number of rotatable bonds is 4. The third kappa shape index (κ3) is 3.77. The quantitative estimate of drug-likeness (QED) is 0.549. The normalized spacial score (nSPS) is 13.5. The van der Waals surface area contributed by atoms with Crippen molar-refractivity contribution >= 4 is 0 Å². The largest absolute Gasteiger partial charge is 0.0985 e. The van der Waals surface area contributed by atoms with E-state index in [-0.39, 0.29) is 0 Å². The summed E-state index contributed by atoms with van der Waals surface area (Å²) >= 11 is 0. The summed E-state index contributed by atoms with van der Waals surface area (Å²) < 4.78 is 0. The van der Waals surface area contributed by atoms with E-state index < -0.39 is 0 Å². The van der Waals surface area contributed by atoms with Gasteiger partial charge < -0.3 is 0 Å². The summed E-state index contributed by atoms with van der Waals surface area (Å²) in [6.45, 7) is 11.4. The molecule has 0 aliphatic carbocycles. The Bertz CT molecular complexity index is 211. The van der Waals surface area contributed by atoms with Crippen LogP contribution in [0.2, 0.25) is 0 Å². The summed E-state index contributed by atoms with van der Waals surface area (Å²) in [6, 6.07) is 0. The van der Waals surface area contributed by atoms with Crippen LogP contribution in [0, 0.1) is 0 Å². The number of hydrogen-bond donors (Lipinski definition) is 0. The van der Waals surface area contributed by atoms with Crippen LogP contribution in [-0.2, 0) is 0 Å². The van der Waals surface area contributed by atoms with Crippen LogP contribution in [0.3, 0.4) is 0 Å². The molecule has 0 saturated heterocycles. The van der Waals surface area contributed by atoms with Crippen molar-refractivity contribution in [1.29, 1.82) is 0 Å². The van der Waals surface area contributed by atoms with E-state index in [4.69, 9.17) is 0 Å². The molecule has 0 amide bonds. The molecule has 64 valence electrons. The summed E-state index contributed by atoms with van der Waals surface area (Å²) in [7, 11) is 0. The van der Waals surface area contributed by atoms with Crippen molar-refractivity contribution in [1.82, 2.24) is 0 Å². The lowest BCUT2D eigenvalue weighted by Gasteiger charge is -1.91. The van der Waals surface area contributed by atoms with Crippen molar-refractivity contribution in [2.75, 3.05) is 0 Å². The fourth-order valence-electron chi connectivity index (χ4n) is 0.757. The van der Waals surface area contributed by atoms with Gasteiger partial charge in [-0.05, 0) is 25.0 Å². The van der Waals surface area contributed by atoms with Gasteiger partial charge in [0.2, 0.25) is 0 Å². The first-order chi connectivity index (χ1) is 5.78. The van der Waals surface area contributed by atoms with Gasteiger partial charge in [0.15, 0.2) is 0 Å². The first-order valence-corrected chi connectivity index (χ1v) is 4.04. The summed E-state index contributed by atoms with van der Waals surface area (Å²) in [4.78, 5) is 0. The minimum absolute atomic E-state index is 1.12. The molecular formula is C12H16. The van der Waals surface area contributed by atoms with Gasteiger partial charge in [-0.3, -0.25) is 0 Å². The van der Waals surface area contributed by atoms with E-state index in [1.54, 1.807) is 0 Å². The molecule has 0 rings (SSSR count). The van der Waals surface area contributed by atoms with E-state index in [1.807, 2.05) is 50.3 Å². The average molecular weight is 160 g/mol.